The van der Waals surface area contributed by atoms with Gasteiger partial charge in [0, 0.05) is 24.8 Å². The quantitative estimate of drug-likeness (QED) is 0.748. The average molecular weight is 299 g/mol. The third-order valence-corrected chi connectivity index (χ3v) is 3.10. The maximum Gasteiger partial charge on any atom is 0.119 e. The highest BCUT2D eigenvalue weighted by molar-refractivity contribution is 5.20. The Morgan fingerprint density at radius 2 is 2.18 bits per heavy atom. The van der Waals surface area contributed by atoms with Crippen LogP contribution >= 0.6 is 0 Å². The molecule has 22 heavy (non-hydrogen) atoms. The Hall–Kier alpha value is -2.29. The normalized spacial score (nSPS) is 12.1. The molecule has 5 heteroatoms. The summed E-state index contributed by atoms with van der Waals surface area (Å²) in [5.74, 6) is 3.31. The Balaban J connectivity index is 1.73. The fourth-order valence-corrected chi connectivity index (χ4v) is 2.17. The SMILES string of the molecule is C#CCn1cc(CN(C)CC(O)COc2ccccc2)cn1. The number of para-hydroxylation sites is 1. The van der Waals surface area contributed by atoms with E-state index in [0.29, 0.717) is 19.6 Å². The molecule has 116 valence electrons. The van der Waals surface area contributed by atoms with E-state index in [1.54, 1.807) is 10.9 Å². The van der Waals surface area contributed by atoms with Crippen molar-refractivity contribution in [2.75, 3.05) is 20.2 Å². The summed E-state index contributed by atoms with van der Waals surface area (Å²) >= 11 is 0. The van der Waals surface area contributed by atoms with Crippen molar-refractivity contribution in [1.29, 1.82) is 0 Å². The van der Waals surface area contributed by atoms with Gasteiger partial charge in [-0.2, -0.15) is 5.10 Å². The van der Waals surface area contributed by atoms with Gasteiger partial charge >= 0.3 is 0 Å². The van der Waals surface area contributed by atoms with Crippen LogP contribution in [-0.2, 0) is 13.1 Å². The van der Waals surface area contributed by atoms with E-state index in [-0.39, 0.29) is 6.61 Å². The van der Waals surface area contributed by atoms with Crippen molar-refractivity contribution in [1.82, 2.24) is 14.7 Å². The molecule has 0 radical (unpaired) electrons. The molecule has 1 aromatic heterocycles. The molecule has 2 rings (SSSR count). The molecular formula is C17H21N3O2. The van der Waals surface area contributed by atoms with E-state index in [1.165, 1.54) is 0 Å². The van der Waals surface area contributed by atoms with Crippen molar-refractivity contribution in [3.63, 3.8) is 0 Å². The minimum absolute atomic E-state index is 0.269. The van der Waals surface area contributed by atoms with E-state index in [1.807, 2.05) is 48.5 Å². The van der Waals surface area contributed by atoms with Crippen LogP contribution in [0.5, 0.6) is 5.75 Å². The molecule has 1 heterocycles. The van der Waals surface area contributed by atoms with Crippen LogP contribution in [0.25, 0.3) is 0 Å². The first kappa shape index (κ1) is 16.1. The standard InChI is InChI=1S/C17H21N3O2/c1-3-9-20-12-15(10-18-20)11-19(2)13-16(21)14-22-17-7-5-4-6-8-17/h1,4-8,10,12,16,21H,9,11,13-14H2,2H3. The van der Waals surface area contributed by atoms with Gasteiger partial charge in [-0.15, -0.1) is 6.42 Å². The van der Waals surface area contributed by atoms with E-state index in [2.05, 4.69) is 11.0 Å². The van der Waals surface area contributed by atoms with Gasteiger partial charge in [0.25, 0.3) is 0 Å². The molecule has 0 bridgehead atoms. The number of benzene rings is 1. The first-order chi connectivity index (χ1) is 10.7. The Bertz CT molecular complexity index is 604. The number of aliphatic hydroxyl groups excluding tert-OH is 1. The van der Waals surface area contributed by atoms with Gasteiger partial charge in [0.05, 0.1) is 6.20 Å². The lowest BCUT2D eigenvalue weighted by Gasteiger charge is -2.20. The number of ether oxygens (including phenoxy) is 1. The van der Waals surface area contributed by atoms with Gasteiger partial charge in [0.1, 0.15) is 25.0 Å². The van der Waals surface area contributed by atoms with E-state index in [0.717, 1.165) is 11.3 Å². The number of likely N-dealkylation sites (N-methyl/N-ethyl adjacent to an activating group) is 1. The fraction of sp³-hybridized carbons (Fsp3) is 0.353. The van der Waals surface area contributed by atoms with Crippen molar-refractivity contribution in [2.45, 2.75) is 19.2 Å². The van der Waals surface area contributed by atoms with Crippen molar-refractivity contribution in [3.05, 3.63) is 48.3 Å². The second kappa shape index (κ2) is 8.23. The van der Waals surface area contributed by atoms with Gasteiger partial charge in [-0.3, -0.25) is 9.58 Å². The van der Waals surface area contributed by atoms with Crippen molar-refractivity contribution in [2.24, 2.45) is 0 Å². The molecule has 0 aliphatic heterocycles. The third kappa shape index (κ3) is 5.24. The average Bonchev–Trinajstić information content (AvgIpc) is 2.93. The highest BCUT2D eigenvalue weighted by Crippen LogP contribution is 2.09. The summed E-state index contributed by atoms with van der Waals surface area (Å²) in [6.45, 7) is 1.96. The topological polar surface area (TPSA) is 50.5 Å². The lowest BCUT2D eigenvalue weighted by molar-refractivity contribution is 0.0744. The number of hydrogen-bond acceptors (Lipinski definition) is 4. The molecule has 1 aromatic carbocycles. The minimum Gasteiger partial charge on any atom is -0.491 e. The van der Waals surface area contributed by atoms with Crippen LogP contribution in [0.2, 0.25) is 0 Å². The van der Waals surface area contributed by atoms with Crippen LogP contribution in [0.4, 0.5) is 0 Å². The Morgan fingerprint density at radius 1 is 1.41 bits per heavy atom. The molecule has 0 aliphatic rings. The summed E-state index contributed by atoms with van der Waals surface area (Å²) in [5, 5.41) is 14.2. The van der Waals surface area contributed by atoms with Crippen LogP contribution in [0, 0.1) is 12.3 Å². The highest BCUT2D eigenvalue weighted by atomic mass is 16.5. The van der Waals surface area contributed by atoms with Gasteiger partial charge in [0.15, 0.2) is 0 Å². The molecule has 1 unspecified atom stereocenters. The van der Waals surface area contributed by atoms with E-state index >= 15 is 0 Å². The molecular weight excluding hydrogens is 278 g/mol. The number of aliphatic hydroxyl groups is 1. The number of nitrogens with zero attached hydrogens (tertiary/aromatic N) is 3. The van der Waals surface area contributed by atoms with Gasteiger partial charge in [-0.05, 0) is 19.2 Å². The number of hydrogen-bond donors (Lipinski definition) is 1. The summed E-state index contributed by atoms with van der Waals surface area (Å²) in [6.07, 6.45) is 8.41. The largest absolute Gasteiger partial charge is 0.491 e. The van der Waals surface area contributed by atoms with E-state index < -0.39 is 6.10 Å². The molecule has 1 atom stereocenters. The Kier molecular flexibility index (Phi) is 6.01. The monoisotopic (exact) mass is 299 g/mol. The minimum atomic E-state index is -0.550. The summed E-state index contributed by atoms with van der Waals surface area (Å²) in [7, 11) is 1.95. The lowest BCUT2D eigenvalue weighted by atomic mass is 10.3. The maximum atomic E-state index is 10.0. The van der Waals surface area contributed by atoms with Crippen LogP contribution < -0.4 is 4.74 Å². The highest BCUT2D eigenvalue weighted by Gasteiger charge is 2.10. The maximum absolute atomic E-state index is 10.0. The van der Waals surface area contributed by atoms with Gasteiger partial charge in [0.2, 0.25) is 0 Å². The molecule has 0 saturated carbocycles. The second-order valence-electron chi connectivity index (χ2n) is 5.22. The van der Waals surface area contributed by atoms with Gasteiger partial charge < -0.3 is 9.84 Å². The zero-order valence-corrected chi connectivity index (χ0v) is 12.7. The van der Waals surface area contributed by atoms with Crippen LogP contribution in [0.1, 0.15) is 5.56 Å². The molecule has 0 aliphatic carbocycles. The molecule has 0 spiro atoms. The first-order valence-electron chi connectivity index (χ1n) is 7.16. The van der Waals surface area contributed by atoms with Crippen molar-refractivity contribution < 1.29 is 9.84 Å². The number of terminal acetylenes is 1. The van der Waals surface area contributed by atoms with Crippen molar-refractivity contribution >= 4 is 0 Å². The molecule has 0 saturated heterocycles. The van der Waals surface area contributed by atoms with Crippen LogP contribution in [0.15, 0.2) is 42.7 Å². The molecule has 0 amide bonds. The van der Waals surface area contributed by atoms with Crippen LogP contribution in [-0.4, -0.2) is 46.1 Å². The predicted octanol–water partition coefficient (Wildman–Crippen LogP) is 1.39. The zero-order chi connectivity index (χ0) is 15.8. The summed E-state index contributed by atoms with van der Waals surface area (Å²) < 4.78 is 7.26. The number of aromatic nitrogens is 2. The molecule has 5 nitrogen and oxygen atoms in total. The smallest absolute Gasteiger partial charge is 0.119 e. The predicted molar refractivity (Wildman–Crippen MR) is 85.3 cm³/mol. The van der Waals surface area contributed by atoms with Gasteiger partial charge in [-0.25, -0.2) is 0 Å². The van der Waals surface area contributed by atoms with Gasteiger partial charge in [-0.1, -0.05) is 24.1 Å². The second-order valence-corrected chi connectivity index (χ2v) is 5.22. The van der Waals surface area contributed by atoms with E-state index in [4.69, 9.17) is 11.2 Å². The van der Waals surface area contributed by atoms with Crippen LogP contribution in [0.3, 0.4) is 0 Å². The summed E-state index contributed by atoms with van der Waals surface area (Å²) in [6, 6.07) is 9.48. The molecule has 2 aromatic rings. The van der Waals surface area contributed by atoms with E-state index in [9.17, 15) is 5.11 Å². The Morgan fingerprint density at radius 3 is 2.91 bits per heavy atom. The first-order valence-corrected chi connectivity index (χ1v) is 7.16. The number of rotatable bonds is 8. The molecule has 1 N–H and O–H groups in total. The molecule has 0 fully saturated rings. The third-order valence-electron chi connectivity index (χ3n) is 3.10. The zero-order valence-electron chi connectivity index (χ0n) is 12.7. The summed E-state index contributed by atoms with van der Waals surface area (Å²) in [5.41, 5.74) is 1.06. The Labute approximate surface area is 131 Å². The lowest BCUT2D eigenvalue weighted by Crippen LogP contribution is -2.32. The fourth-order valence-electron chi connectivity index (χ4n) is 2.17. The summed E-state index contributed by atoms with van der Waals surface area (Å²) in [4.78, 5) is 2.02. The van der Waals surface area contributed by atoms with Crippen molar-refractivity contribution in [3.8, 4) is 18.1 Å².